The van der Waals surface area contributed by atoms with Crippen molar-refractivity contribution in [1.82, 2.24) is 0 Å². The maximum atomic E-state index is 2.41. The first kappa shape index (κ1) is 12.5. The molecule has 0 heterocycles. The fraction of sp³-hybridized carbons (Fsp3) is 0.273. The average Bonchev–Trinajstić information content (AvgIpc) is 3.35. The predicted octanol–water partition coefficient (Wildman–Crippen LogP) is 5.87. The molecule has 0 radical (unpaired) electrons. The molecule has 5 rings (SSSR count). The monoisotopic (exact) mass is 284 g/mol. The van der Waals surface area contributed by atoms with Gasteiger partial charge in [-0.3, -0.25) is 0 Å². The highest BCUT2D eigenvalue weighted by Crippen LogP contribution is 2.54. The molecule has 1 unspecified atom stereocenters. The van der Waals surface area contributed by atoms with Gasteiger partial charge in [-0.25, -0.2) is 0 Å². The second kappa shape index (κ2) is 4.71. The van der Waals surface area contributed by atoms with Crippen LogP contribution in [0.2, 0.25) is 0 Å². The molecule has 0 aromatic heterocycles. The van der Waals surface area contributed by atoms with Crippen molar-refractivity contribution in [1.29, 1.82) is 0 Å². The Kier molecular flexibility index (Phi) is 2.67. The highest BCUT2D eigenvalue weighted by Gasteiger charge is 2.40. The molecule has 0 nitrogen and oxygen atoms in total. The van der Waals surface area contributed by atoms with E-state index in [4.69, 9.17) is 0 Å². The van der Waals surface area contributed by atoms with Crippen LogP contribution in [0.15, 0.2) is 66.7 Å². The predicted molar refractivity (Wildman–Crippen MR) is 92.3 cm³/mol. The van der Waals surface area contributed by atoms with Gasteiger partial charge in [0.1, 0.15) is 0 Å². The van der Waals surface area contributed by atoms with Crippen LogP contribution in [-0.2, 0) is 0 Å². The second-order valence-corrected chi connectivity index (χ2v) is 6.97. The Labute approximate surface area is 131 Å². The van der Waals surface area contributed by atoms with E-state index in [1.807, 2.05) is 0 Å². The lowest BCUT2D eigenvalue weighted by Gasteiger charge is -2.13. The summed E-state index contributed by atoms with van der Waals surface area (Å²) < 4.78 is 0. The zero-order valence-corrected chi connectivity index (χ0v) is 12.7. The number of fused-ring (bicyclic) bond motifs is 2. The Hall–Kier alpha value is -2.08. The Morgan fingerprint density at radius 2 is 1.41 bits per heavy atom. The second-order valence-electron chi connectivity index (χ2n) is 6.97. The zero-order chi connectivity index (χ0) is 14.5. The molecule has 2 aliphatic carbocycles. The molecule has 0 spiro atoms. The lowest BCUT2D eigenvalue weighted by Crippen LogP contribution is -1.98. The van der Waals surface area contributed by atoms with Crippen molar-refractivity contribution in [3.8, 4) is 0 Å². The van der Waals surface area contributed by atoms with E-state index >= 15 is 0 Å². The molecule has 1 fully saturated rings. The minimum Gasteiger partial charge on any atom is -0.0620 e. The summed E-state index contributed by atoms with van der Waals surface area (Å²) >= 11 is 0. The number of hydrogen-bond donors (Lipinski definition) is 0. The Morgan fingerprint density at radius 1 is 0.682 bits per heavy atom. The van der Waals surface area contributed by atoms with Gasteiger partial charge in [-0.15, -0.1) is 0 Å². The average molecular weight is 284 g/mol. The van der Waals surface area contributed by atoms with Crippen molar-refractivity contribution < 1.29 is 0 Å². The molecule has 108 valence electrons. The van der Waals surface area contributed by atoms with Crippen LogP contribution in [0.4, 0.5) is 0 Å². The van der Waals surface area contributed by atoms with Crippen LogP contribution < -0.4 is 0 Å². The quantitative estimate of drug-likeness (QED) is 0.552. The molecule has 0 saturated heterocycles. The van der Waals surface area contributed by atoms with E-state index in [0.717, 1.165) is 11.8 Å². The summed E-state index contributed by atoms with van der Waals surface area (Å²) in [6.45, 7) is 0. The van der Waals surface area contributed by atoms with Gasteiger partial charge in [-0.2, -0.15) is 0 Å². The molecule has 0 aliphatic heterocycles. The lowest BCUT2D eigenvalue weighted by atomic mass is 9.90. The van der Waals surface area contributed by atoms with Crippen molar-refractivity contribution in [2.75, 3.05) is 0 Å². The Balaban J connectivity index is 1.62. The Morgan fingerprint density at radius 3 is 2.23 bits per heavy atom. The first-order chi connectivity index (χ1) is 10.9. The largest absolute Gasteiger partial charge is 0.0620 e. The van der Waals surface area contributed by atoms with Gasteiger partial charge in [0, 0.05) is 5.92 Å². The molecular formula is C22H20. The maximum Gasteiger partial charge on any atom is 0.00983 e. The highest BCUT2D eigenvalue weighted by atomic mass is 14.4. The molecule has 0 N–H and O–H groups in total. The van der Waals surface area contributed by atoms with Crippen LogP contribution in [0.25, 0.3) is 10.8 Å². The molecule has 3 aromatic carbocycles. The topological polar surface area (TPSA) is 0 Å². The first-order valence-corrected chi connectivity index (χ1v) is 8.48. The van der Waals surface area contributed by atoms with Gasteiger partial charge in [0.05, 0.1) is 0 Å². The van der Waals surface area contributed by atoms with E-state index in [2.05, 4.69) is 66.7 Å². The van der Waals surface area contributed by atoms with Gasteiger partial charge in [-0.1, -0.05) is 66.7 Å². The standard InChI is InChI=1S/C22H20/c1-2-6-17-13-18(12-9-15(17)5-1)22-14-21(16-10-11-16)19-7-3-4-8-20(19)22/h1-9,12-13,16,21-22H,10-11,14H2/t21?,22-/m1/s1. The lowest BCUT2D eigenvalue weighted by molar-refractivity contribution is 0.573. The SMILES string of the molecule is c1ccc2c(c1)C(C1CC1)C[C@@H]2c1ccc2ccccc2c1. The molecule has 2 atom stereocenters. The van der Waals surface area contributed by atoms with Crippen LogP contribution in [0, 0.1) is 5.92 Å². The van der Waals surface area contributed by atoms with E-state index in [1.54, 1.807) is 11.1 Å². The third-order valence-corrected chi connectivity index (χ3v) is 5.63. The highest BCUT2D eigenvalue weighted by molar-refractivity contribution is 5.83. The van der Waals surface area contributed by atoms with Crippen LogP contribution in [-0.4, -0.2) is 0 Å². The summed E-state index contributed by atoms with van der Waals surface area (Å²) in [5, 5.41) is 2.71. The van der Waals surface area contributed by atoms with E-state index in [0.29, 0.717) is 5.92 Å². The normalized spacial score (nSPS) is 23.6. The summed E-state index contributed by atoms with van der Waals surface area (Å²) in [7, 11) is 0. The van der Waals surface area contributed by atoms with E-state index in [1.165, 1.54) is 35.6 Å². The third kappa shape index (κ3) is 1.90. The fourth-order valence-corrected chi connectivity index (χ4v) is 4.36. The molecule has 22 heavy (non-hydrogen) atoms. The third-order valence-electron chi connectivity index (χ3n) is 5.63. The van der Waals surface area contributed by atoms with Gasteiger partial charge < -0.3 is 0 Å². The van der Waals surface area contributed by atoms with Crippen molar-refractivity contribution >= 4 is 10.8 Å². The number of benzene rings is 3. The summed E-state index contributed by atoms with van der Waals surface area (Å²) in [6.07, 6.45) is 4.18. The molecule has 0 heteroatoms. The zero-order valence-electron chi connectivity index (χ0n) is 12.7. The van der Waals surface area contributed by atoms with Crippen LogP contribution in [0.1, 0.15) is 47.8 Å². The molecule has 3 aromatic rings. The summed E-state index contributed by atoms with van der Waals surface area (Å²) in [5.41, 5.74) is 4.70. The van der Waals surface area contributed by atoms with Gasteiger partial charge in [-0.05, 0) is 58.6 Å². The maximum absolute atomic E-state index is 2.41. The molecule has 2 aliphatic rings. The van der Waals surface area contributed by atoms with Crippen molar-refractivity contribution in [3.05, 3.63) is 83.4 Å². The smallest absolute Gasteiger partial charge is 0.00983 e. The molecule has 0 amide bonds. The summed E-state index contributed by atoms with van der Waals surface area (Å²) in [5.74, 6) is 2.34. The minimum absolute atomic E-state index is 0.589. The van der Waals surface area contributed by atoms with Gasteiger partial charge in [0.15, 0.2) is 0 Å². The van der Waals surface area contributed by atoms with Crippen molar-refractivity contribution in [2.24, 2.45) is 5.92 Å². The number of rotatable bonds is 2. The molecular weight excluding hydrogens is 264 g/mol. The van der Waals surface area contributed by atoms with Crippen LogP contribution >= 0.6 is 0 Å². The Bertz CT molecular complexity index is 841. The van der Waals surface area contributed by atoms with Crippen molar-refractivity contribution in [2.45, 2.75) is 31.1 Å². The summed E-state index contributed by atoms with van der Waals surface area (Å²) in [4.78, 5) is 0. The van der Waals surface area contributed by atoms with E-state index in [9.17, 15) is 0 Å². The molecule has 1 saturated carbocycles. The van der Waals surface area contributed by atoms with Crippen LogP contribution in [0.5, 0.6) is 0 Å². The van der Waals surface area contributed by atoms with E-state index in [-0.39, 0.29) is 0 Å². The van der Waals surface area contributed by atoms with E-state index < -0.39 is 0 Å². The van der Waals surface area contributed by atoms with Crippen LogP contribution in [0.3, 0.4) is 0 Å². The van der Waals surface area contributed by atoms with Gasteiger partial charge in [0.25, 0.3) is 0 Å². The molecule has 0 bridgehead atoms. The summed E-state index contributed by atoms with van der Waals surface area (Å²) in [6, 6.07) is 24.9. The first-order valence-electron chi connectivity index (χ1n) is 8.48. The van der Waals surface area contributed by atoms with Gasteiger partial charge in [0.2, 0.25) is 0 Å². The number of hydrogen-bond acceptors (Lipinski definition) is 0. The minimum atomic E-state index is 0.589. The van der Waals surface area contributed by atoms with Gasteiger partial charge >= 0.3 is 0 Å². The van der Waals surface area contributed by atoms with Crippen molar-refractivity contribution in [3.63, 3.8) is 0 Å². The fourth-order valence-electron chi connectivity index (χ4n) is 4.36.